The van der Waals surface area contributed by atoms with Crippen LogP contribution in [-0.4, -0.2) is 25.0 Å². The van der Waals surface area contributed by atoms with Gasteiger partial charge >= 0.3 is 0 Å². The van der Waals surface area contributed by atoms with Gasteiger partial charge in [0.05, 0.1) is 0 Å². The Morgan fingerprint density at radius 1 is 1.55 bits per heavy atom. The lowest BCUT2D eigenvalue weighted by molar-refractivity contribution is 0.770. The van der Waals surface area contributed by atoms with Crippen LogP contribution in [0.15, 0.2) is 18.6 Å². The molecule has 2 aromatic heterocycles. The highest BCUT2D eigenvalue weighted by atomic mass is 15.3. The van der Waals surface area contributed by atoms with Gasteiger partial charge in [-0.05, 0) is 6.07 Å². The van der Waals surface area contributed by atoms with Crippen molar-refractivity contribution < 1.29 is 0 Å². The van der Waals surface area contributed by atoms with E-state index >= 15 is 0 Å². The van der Waals surface area contributed by atoms with Gasteiger partial charge in [0.25, 0.3) is 0 Å². The second-order valence-electron chi connectivity index (χ2n) is 2.17. The maximum Gasteiger partial charge on any atom is 0.173 e. The van der Waals surface area contributed by atoms with E-state index in [4.69, 9.17) is 0 Å². The number of hydrogen-bond donors (Lipinski definition) is 1. The summed E-state index contributed by atoms with van der Waals surface area (Å²) in [4.78, 5) is 3.99. The van der Waals surface area contributed by atoms with Crippen molar-refractivity contribution >= 4 is 0 Å². The smallest absolute Gasteiger partial charge is 0.173 e. The zero-order valence-electron chi connectivity index (χ0n) is 6.02. The summed E-state index contributed by atoms with van der Waals surface area (Å²) in [6, 6.07) is 1.88. The summed E-state index contributed by atoms with van der Waals surface area (Å²) in [5.41, 5.74) is 0.933. The van der Waals surface area contributed by atoms with Crippen LogP contribution in [0, 0.1) is 0 Å². The van der Waals surface area contributed by atoms with Crippen molar-refractivity contribution in [1.29, 1.82) is 0 Å². The average Bonchev–Trinajstić information content (AvgIpc) is 2.55. The highest BCUT2D eigenvalue weighted by molar-refractivity contribution is 5.47. The summed E-state index contributed by atoms with van der Waals surface area (Å²) in [5.74, 6) is 0.741. The lowest BCUT2D eigenvalue weighted by Crippen LogP contribution is -1.94. The number of aromatic nitrogens is 5. The van der Waals surface area contributed by atoms with Crippen LogP contribution in [0.25, 0.3) is 11.5 Å². The summed E-state index contributed by atoms with van der Waals surface area (Å²) in [6.07, 6.45) is 3.19. The van der Waals surface area contributed by atoms with Gasteiger partial charge in [0.2, 0.25) is 0 Å². The first-order valence-corrected chi connectivity index (χ1v) is 3.21. The molecule has 5 heteroatoms. The third kappa shape index (κ3) is 0.899. The fraction of sp³-hybridized carbons (Fsp3) is 0.167. The zero-order valence-corrected chi connectivity index (χ0v) is 6.02. The van der Waals surface area contributed by atoms with Crippen molar-refractivity contribution in [2.75, 3.05) is 0 Å². The predicted octanol–water partition coefficient (Wildman–Crippen LogP) is 0.205. The Labute approximate surface area is 63.1 Å². The number of aryl methyl sites for hydroxylation is 1. The number of nitrogens with zero attached hydrogens (tertiary/aromatic N) is 4. The molecule has 0 aliphatic rings. The molecular weight excluding hydrogens is 142 g/mol. The third-order valence-electron chi connectivity index (χ3n) is 1.48. The number of rotatable bonds is 1. The lowest BCUT2D eigenvalue weighted by atomic mass is 10.4. The molecule has 0 saturated carbocycles. The fourth-order valence-electron chi connectivity index (χ4n) is 0.935. The molecule has 2 rings (SSSR count). The van der Waals surface area contributed by atoms with Gasteiger partial charge in [0, 0.05) is 13.2 Å². The topological polar surface area (TPSA) is 59.4 Å². The molecule has 0 unspecified atom stereocenters. The molecule has 0 spiro atoms. The quantitative estimate of drug-likeness (QED) is 0.630. The van der Waals surface area contributed by atoms with Crippen LogP contribution >= 0.6 is 0 Å². The second-order valence-corrected chi connectivity index (χ2v) is 2.17. The third-order valence-corrected chi connectivity index (χ3v) is 1.48. The monoisotopic (exact) mass is 149 g/mol. The van der Waals surface area contributed by atoms with Crippen LogP contribution in [0.4, 0.5) is 0 Å². The molecule has 0 amide bonds. The molecule has 0 aliphatic heterocycles. The molecule has 5 nitrogen and oxygen atoms in total. The first-order valence-electron chi connectivity index (χ1n) is 3.21. The Morgan fingerprint density at radius 2 is 2.45 bits per heavy atom. The van der Waals surface area contributed by atoms with Crippen molar-refractivity contribution in [3.8, 4) is 11.5 Å². The minimum Gasteiger partial charge on any atom is -0.265 e. The number of aromatic amines is 1. The molecule has 0 aromatic carbocycles. The Hall–Kier alpha value is -1.65. The van der Waals surface area contributed by atoms with E-state index in [1.54, 1.807) is 10.9 Å². The largest absolute Gasteiger partial charge is 0.265 e. The van der Waals surface area contributed by atoms with Gasteiger partial charge in [-0.3, -0.25) is 9.78 Å². The van der Waals surface area contributed by atoms with Crippen LogP contribution in [0.2, 0.25) is 0 Å². The van der Waals surface area contributed by atoms with Crippen molar-refractivity contribution in [3.63, 3.8) is 0 Å². The summed E-state index contributed by atoms with van der Waals surface area (Å²) in [5, 5.41) is 10.5. The van der Waals surface area contributed by atoms with E-state index in [1.165, 1.54) is 6.33 Å². The van der Waals surface area contributed by atoms with E-state index in [1.807, 2.05) is 13.1 Å². The first kappa shape index (κ1) is 6.09. The molecule has 11 heavy (non-hydrogen) atoms. The second kappa shape index (κ2) is 2.19. The Bertz CT molecular complexity index is 333. The van der Waals surface area contributed by atoms with Gasteiger partial charge in [-0.25, -0.2) is 4.98 Å². The molecule has 0 fully saturated rings. The number of nitrogens with one attached hydrogen (secondary N) is 1. The van der Waals surface area contributed by atoms with Gasteiger partial charge < -0.3 is 0 Å². The summed E-state index contributed by atoms with van der Waals surface area (Å²) < 4.78 is 1.74. The summed E-state index contributed by atoms with van der Waals surface area (Å²) in [6.45, 7) is 0. The molecule has 56 valence electrons. The Kier molecular flexibility index (Phi) is 1.21. The van der Waals surface area contributed by atoms with Gasteiger partial charge in [0.15, 0.2) is 5.82 Å². The van der Waals surface area contributed by atoms with Crippen LogP contribution in [-0.2, 0) is 7.05 Å². The molecule has 0 atom stereocenters. The standard InChI is InChI=1S/C6H7N5/c1-11-5(2-3-9-11)6-7-4-8-10-6/h2-4H,1H3,(H,7,8,10). The van der Waals surface area contributed by atoms with E-state index in [9.17, 15) is 0 Å². The van der Waals surface area contributed by atoms with E-state index in [2.05, 4.69) is 20.3 Å². The lowest BCUT2D eigenvalue weighted by Gasteiger charge is -1.93. The molecule has 0 saturated heterocycles. The first-order chi connectivity index (χ1) is 5.38. The molecule has 0 aliphatic carbocycles. The fourth-order valence-corrected chi connectivity index (χ4v) is 0.935. The molecule has 0 radical (unpaired) electrons. The molecular formula is C6H7N5. The summed E-state index contributed by atoms with van der Waals surface area (Å²) in [7, 11) is 1.86. The Balaban J connectivity index is 2.53. The van der Waals surface area contributed by atoms with E-state index < -0.39 is 0 Å². The van der Waals surface area contributed by atoms with E-state index in [0.29, 0.717) is 0 Å². The maximum atomic E-state index is 4.00. The van der Waals surface area contributed by atoms with Crippen LogP contribution in [0.5, 0.6) is 0 Å². The maximum absolute atomic E-state index is 4.00. The average molecular weight is 149 g/mol. The van der Waals surface area contributed by atoms with E-state index in [0.717, 1.165) is 11.5 Å². The summed E-state index contributed by atoms with van der Waals surface area (Å²) >= 11 is 0. The minimum absolute atomic E-state index is 0.741. The van der Waals surface area contributed by atoms with Gasteiger partial charge in [-0.1, -0.05) is 0 Å². The zero-order chi connectivity index (χ0) is 7.68. The number of H-pyrrole nitrogens is 1. The van der Waals surface area contributed by atoms with Crippen molar-refractivity contribution in [3.05, 3.63) is 18.6 Å². The van der Waals surface area contributed by atoms with Crippen LogP contribution in [0.3, 0.4) is 0 Å². The van der Waals surface area contributed by atoms with Crippen LogP contribution in [0.1, 0.15) is 0 Å². The minimum atomic E-state index is 0.741. The van der Waals surface area contributed by atoms with Gasteiger partial charge in [-0.2, -0.15) is 10.2 Å². The normalized spacial score (nSPS) is 10.3. The SMILES string of the molecule is Cn1nccc1-c1ncn[nH]1. The number of hydrogen-bond acceptors (Lipinski definition) is 3. The molecule has 2 heterocycles. The molecule has 1 N–H and O–H groups in total. The predicted molar refractivity (Wildman–Crippen MR) is 38.6 cm³/mol. The molecule has 0 bridgehead atoms. The van der Waals surface area contributed by atoms with Crippen LogP contribution < -0.4 is 0 Å². The van der Waals surface area contributed by atoms with Crippen molar-refractivity contribution in [2.45, 2.75) is 0 Å². The van der Waals surface area contributed by atoms with Crippen molar-refractivity contribution in [1.82, 2.24) is 25.0 Å². The molecule has 2 aromatic rings. The highest BCUT2D eigenvalue weighted by Gasteiger charge is 2.02. The van der Waals surface area contributed by atoms with E-state index in [-0.39, 0.29) is 0 Å². The highest BCUT2D eigenvalue weighted by Crippen LogP contribution is 2.09. The van der Waals surface area contributed by atoms with Crippen molar-refractivity contribution in [2.24, 2.45) is 7.05 Å². The van der Waals surface area contributed by atoms with Gasteiger partial charge in [-0.15, -0.1) is 0 Å². The van der Waals surface area contributed by atoms with Gasteiger partial charge in [0.1, 0.15) is 12.0 Å². The Morgan fingerprint density at radius 3 is 3.00 bits per heavy atom.